The molecule has 0 bridgehead atoms. The fraction of sp³-hybridized carbons (Fsp3) is 0.190. The lowest BCUT2D eigenvalue weighted by Gasteiger charge is -2.21. The second-order valence-corrected chi connectivity index (χ2v) is 8.01. The number of benzene rings is 2. The summed E-state index contributed by atoms with van der Waals surface area (Å²) in [5.74, 6) is -0.192. The Morgan fingerprint density at radius 2 is 2.17 bits per heavy atom. The van der Waals surface area contributed by atoms with Crippen molar-refractivity contribution in [2.24, 2.45) is 0 Å². The lowest BCUT2D eigenvalue weighted by atomic mass is 10.1. The van der Waals surface area contributed by atoms with Crippen LogP contribution < -0.4 is 9.64 Å². The fourth-order valence-electron chi connectivity index (χ4n) is 3.11. The van der Waals surface area contributed by atoms with Crippen molar-refractivity contribution in [3.8, 4) is 5.75 Å². The zero-order valence-corrected chi connectivity index (χ0v) is 17.7. The molecule has 154 valence electrons. The highest BCUT2D eigenvalue weighted by Crippen LogP contribution is 2.32. The Labute approximate surface area is 181 Å². The van der Waals surface area contributed by atoms with Crippen LogP contribution in [0.15, 0.2) is 55.1 Å². The highest BCUT2D eigenvalue weighted by molar-refractivity contribution is 7.22. The highest BCUT2D eigenvalue weighted by atomic mass is 35.5. The lowest BCUT2D eigenvalue weighted by Crippen LogP contribution is -2.32. The summed E-state index contributed by atoms with van der Waals surface area (Å²) in [6, 6.07) is 9.30. The minimum absolute atomic E-state index is 0.278. The SMILES string of the molecule is COc1ccc(Cl)cc1C(=O)N(CCCn1ccnc1)c1nc2ccc(F)cc2s1. The van der Waals surface area contributed by atoms with E-state index in [4.69, 9.17) is 16.3 Å². The van der Waals surface area contributed by atoms with E-state index in [0.717, 1.165) is 0 Å². The van der Waals surface area contributed by atoms with Crippen molar-refractivity contribution >= 4 is 44.2 Å². The van der Waals surface area contributed by atoms with Crippen molar-refractivity contribution in [2.45, 2.75) is 13.0 Å². The predicted octanol–water partition coefficient (Wildman–Crippen LogP) is 5.03. The summed E-state index contributed by atoms with van der Waals surface area (Å²) >= 11 is 7.40. The van der Waals surface area contributed by atoms with E-state index in [1.807, 2.05) is 10.8 Å². The summed E-state index contributed by atoms with van der Waals surface area (Å²) in [4.78, 5) is 23.7. The number of anilines is 1. The number of aromatic nitrogens is 3. The van der Waals surface area contributed by atoms with E-state index >= 15 is 0 Å². The van der Waals surface area contributed by atoms with Gasteiger partial charge in [-0.05, 0) is 42.8 Å². The summed E-state index contributed by atoms with van der Waals surface area (Å²) < 4.78 is 21.6. The van der Waals surface area contributed by atoms with Crippen LogP contribution in [0.25, 0.3) is 10.2 Å². The third-order valence-electron chi connectivity index (χ3n) is 4.56. The summed E-state index contributed by atoms with van der Waals surface area (Å²) in [6.07, 6.45) is 5.98. The topological polar surface area (TPSA) is 60.2 Å². The van der Waals surface area contributed by atoms with E-state index in [1.54, 1.807) is 41.7 Å². The van der Waals surface area contributed by atoms with Crippen LogP contribution in [0.1, 0.15) is 16.8 Å². The van der Waals surface area contributed by atoms with Gasteiger partial charge in [0.1, 0.15) is 11.6 Å². The van der Waals surface area contributed by atoms with Crippen LogP contribution in [0.2, 0.25) is 5.02 Å². The van der Waals surface area contributed by atoms with E-state index in [2.05, 4.69) is 9.97 Å². The first-order chi connectivity index (χ1) is 14.5. The molecule has 0 atom stereocenters. The van der Waals surface area contributed by atoms with Gasteiger partial charge in [0.05, 0.1) is 29.2 Å². The molecule has 0 aliphatic rings. The molecule has 0 saturated carbocycles. The monoisotopic (exact) mass is 444 g/mol. The zero-order chi connectivity index (χ0) is 21.1. The number of thiazole rings is 1. The van der Waals surface area contributed by atoms with Gasteiger partial charge in [0.25, 0.3) is 5.91 Å². The van der Waals surface area contributed by atoms with Crippen LogP contribution in [0, 0.1) is 5.82 Å². The molecule has 30 heavy (non-hydrogen) atoms. The van der Waals surface area contributed by atoms with Crippen molar-refractivity contribution in [3.05, 3.63) is 71.5 Å². The fourth-order valence-corrected chi connectivity index (χ4v) is 4.30. The highest BCUT2D eigenvalue weighted by Gasteiger charge is 2.24. The molecule has 0 aliphatic heterocycles. The van der Waals surface area contributed by atoms with E-state index < -0.39 is 0 Å². The summed E-state index contributed by atoms with van der Waals surface area (Å²) in [5, 5.41) is 0.928. The van der Waals surface area contributed by atoms with Gasteiger partial charge in [0.15, 0.2) is 5.13 Å². The van der Waals surface area contributed by atoms with Gasteiger partial charge in [-0.3, -0.25) is 9.69 Å². The Hall–Kier alpha value is -2.97. The molecule has 2 aromatic heterocycles. The van der Waals surface area contributed by atoms with Crippen LogP contribution in [0.4, 0.5) is 9.52 Å². The second kappa shape index (κ2) is 8.81. The van der Waals surface area contributed by atoms with Gasteiger partial charge in [-0.1, -0.05) is 22.9 Å². The van der Waals surface area contributed by atoms with Gasteiger partial charge in [-0.15, -0.1) is 0 Å². The average molecular weight is 445 g/mol. The number of carbonyl (C=O) groups is 1. The average Bonchev–Trinajstić information content (AvgIpc) is 3.40. The molecule has 6 nitrogen and oxygen atoms in total. The van der Waals surface area contributed by atoms with Crippen molar-refractivity contribution in [2.75, 3.05) is 18.6 Å². The molecule has 0 radical (unpaired) electrons. The van der Waals surface area contributed by atoms with Crippen LogP contribution in [0.5, 0.6) is 5.75 Å². The number of fused-ring (bicyclic) bond motifs is 1. The standard InChI is InChI=1S/C21H18ClFN4O2S/c1-29-18-6-3-14(22)11-16(18)20(28)27(9-2-8-26-10-7-24-13-26)21-25-17-5-4-15(23)12-19(17)30-21/h3-7,10-13H,2,8-9H2,1H3. The first-order valence-corrected chi connectivity index (χ1v) is 10.4. The van der Waals surface area contributed by atoms with Gasteiger partial charge in [0, 0.05) is 30.5 Å². The molecule has 2 heterocycles. The molecule has 0 unspecified atom stereocenters. The van der Waals surface area contributed by atoms with Crippen LogP contribution in [-0.4, -0.2) is 34.1 Å². The van der Waals surface area contributed by atoms with Gasteiger partial charge >= 0.3 is 0 Å². The maximum atomic E-state index is 13.6. The van der Waals surface area contributed by atoms with Gasteiger partial charge in [-0.2, -0.15) is 0 Å². The Kier molecular flexibility index (Phi) is 5.96. The van der Waals surface area contributed by atoms with Crippen LogP contribution in [0.3, 0.4) is 0 Å². The molecule has 0 N–H and O–H groups in total. The Morgan fingerprint density at radius 1 is 1.30 bits per heavy atom. The number of methoxy groups -OCH3 is 1. The van der Waals surface area contributed by atoms with E-state index in [0.29, 0.717) is 51.2 Å². The first kappa shape index (κ1) is 20.3. The largest absolute Gasteiger partial charge is 0.496 e. The Balaban J connectivity index is 1.68. The van der Waals surface area contributed by atoms with E-state index in [1.165, 1.54) is 30.6 Å². The minimum Gasteiger partial charge on any atom is -0.496 e. The number of halogens is 2. The smallest absolute Gasteiger partial charge is 0.263 e. The van der Waals surface area contributed by atoms with Crippen molar-refractivity contribution in [1.82, 2.24) is 14.5 Å². The number of hydrogen-bond donors (Lipinski definition) is 0. The molecular formula is C21H18ClFN4O2S. The number of aryl methyl sites for hydroxylation is 1. The van der Waals surface area contributed by atoms with E-state index in [9.17, 15) is 9.18 Å². The number of hydrogen-bond acceptors (Lipinski definition) is 5. The predicted molar refractivity (Wildman–Crippen MR) is 116 cm³/mol. The number of amides is 1. The molecule has 0 aliphatic carbocycles. The first-order valence-electron chi connectivity index (χ1n) is 9.22. The van der Waals surface area contributed by atoms with Crippen molar-refractivity contribution in [1.29, 1.82) is 0 Å². The van der Waals surface area contributed by atoms with Gasteiger partial charge in [-0.25, -0.2) is 14.4 Å². The number of carbonyl (C=O) groups excluding carboxylic acids is 1. The van der Waals surface area contributed by atoms with Crippen molar-refractivity contribution < 1.29 is 13.9 Å². The van der Waals surface area contributed by atoms with Crippen LogP contribution in [-0.2, 0) is 6.54 Å². The van der Waals surface area contributed by atoms with Gasteiger partial charge < -0.3 is 9.30 Å². The number of rotatable bonds is 7. The van der Waals surface area contributed by atoms with E-state index in [-0.39, 0.29) is 11.7 Å². The Bertz CT molecular complexity index is 1180. The molecule has 9 heteroatoms. The Morgan fingerprint density at radius 3 is 2.93 bits per heavy atom. The summed E-state index contributed by atoms with van der Waals surface area (Å²) in [5.41, 5.74) is 0.986. The molecule has 0 spiro atoms. The normalized spacial score (nSPS) is 11.0. The molecule has 0 saturated heterocycles. The molecule has 4 aromatic rings. The number of ether oxygens (including phenoxy) is 1. The number of imidazole rings is 1. The molecule has 2 aromatic carbocycles. The minimum atomic E-state index is -0.341. The third-order valence-corrected chi connectivity index (χ3v) is 5.84. The number of nitrogens with zero attached hydrogens (tertiary/aromatic N) is 4. The molecule has 1 amide bonds. The summed E-state index contributed by atoms with van der Waals surface area (Å²) in [7, 11) is 1.50. The lowest BCUT2D eigenvalue weighted by molar-refractivity contribution is 0.0983. The third kappa shape index (κ3) is 4.29. The van der Waals surface area contributed by atoms with Crippen molar-refractivity contribution in [3.63, 3.8) is 0 Å². The second-order valence-electron chi connectivity index (χ2n) is 6.56. The maximum Gasteiger partial charge on any atom is 0.263 e. The molecular weight excluding hydrogens is 427 g/mol. The quantitative estimate of drug-likeness (QED) is 0.401. The summed E-state index contributed by atoms with van der Waals surface area (Å²) in [6.45, 7) is 1.10. The maximum absolute atomic E-state index is 13.6. The zero-order valence-electron chi connectivity index (χ0n) is 16.1. The van der Waals surface area contributed by atoms with Crippen LogP contribution >= 0.6 is 22.9 Å². The molecule has 4 rings (SSSR count). The molecule has 0 fully saturated rings. The van der Waals surface area contributed by atoms with Gasteiger partial charge in [0.2, 0.25) is 0 Å².